The number of anilines is 2. The highest BCUT2D eigenvalue weighted by atomic mass is 16.1. The van der Waals surface area contributed by atoms with E-state index < -0.39 is 0 Å². The molecule has 0 fully saturated rings. The minimum absolute atomic E-state index is 0.0643. The molecule has 2 heterocycles. The lowest BCUT2D eigenvalue weighted by atomic mass is 10.0. The summed E-state index contributed by atoms with van der Waals surface area (Å²) in [5.41, 5.74) is 9.03. The lowest BCUT2D eigenvalue weighted by molar-refractivity contribution is 0.931. The van der Waals surface area contributed by atoms with E-state index in [1.165, 1.54) is 6.33 Å². The zero-order chi connectivity index (χ0) is 20.4. The Morgan fingerprint density at radius 2 is 1.83 bits per heavy atom. The van der Waals surface area contributed by atoms with Crippen LogP contribution in [0.2, 0.25) is 0 Å². The van der Waals surface area contributed by atoms with Crippen LogP contribution in [0, 0.1) is 11.3 Å². The summed E-state index contributed by atoms with van der Waals surface area (Å²) in [6.45, 7) is 0.187. The van der Waals surface area contributed by atoms with Gasteiger partial charge in [0.25, 0.3) is 0 Å². The highest BCUT2D eigenvalue weighted by molar-refractivity contribution is 5.84. The van der Waals surface area contributed by atoms with Crippen molar-refractivity contribution in [2.24, 2.45) is 7.05 Å². The van der Waals surface area contributed by atoms with Gasteiger partial charge in [0.05, 0.1) is 11.2 Å². The standard InChI is InChI=1S/C22H18N6O/c1-28-18-10-6-5-9-15(18)20(29)17(19(28)14-7-3-2-4-8-14)12-25-22-16(11-23)21(24)26-13-27-22/h2-10,13H,12H2,1H3,(H3,24,25,26,27). The average Bonchev–Trinajstić information content (AvgIpc) is 2.76. The molecule has 0 unspecified atom stereocenters. The predicted octanol–water partition coefficient (Wildman–Crippen LogP) is 3.06. The molecule has 0 bridgehead atoms. The van der Waals surface area contributed by atoms with Crippen molar-refractivity contribution in [3.05, 3.63) is 82.3 Å². The smallest absolute Gasteiger partial charge is 0.195 e. The summed E-state index contributed by atoms with van der Waals surface area (Å²) in [4.78, 5) is 21.3. The van der Waals surface area contributed by atoms with Crippen molar-refractivity contribution in [1.82, 2.24) is 14.5 Å². The highest BCUT2D eigenvalue weighted by Crippen LogP contribution is 2.26. The van der Waals surface area contributed by atoms with Crippen LogP contribution in [0.5, 0.6) is 0 Å². The Balaban J connectivity index is 1.90. The number of nitrogens with two attached hydrogens (primary N) is 1. The van der Waals surface area contributed by atoms with Crippen molar-refractivity contribution < 1.29 is 0 Å². The number of aryl methyl sites for hydroxylation is 1. The van der Waals surface area contributed by atoms with Gasteiger partial charge in [-0.3, -0.25) is 4.79 Å². The lowest BCUT2D eigenvalue weighted by Gasteiger charge is -2.18. The van der Waals surface area contributed by atoms with E-state index in [-0.39, 0.29) is 23.4 Å². The average molecular weight is 382 g/mol. The number of nitriles is 1. The fraction of sp³-hybridized carbons (Fsp3) is 0.0909. The number of rotatable bonds is 4. The van der Waals surface area contributed by atoms with Crippen LogP contribution in [0.15, 0.2) is 65.7 Å². The van der Waals surface area contributed by atoms with Gasteiger partial charge >= 0.3 is 0 Å². The maximum Gasteiger partial charge on any atom is 0.195 e. The van der Waals surface area contributed by atoms with Crippen LogP contribution >= 0.6 is 0 Å². The normalized spacial score (nSPS) is 10.6. The minimum Gasteiger partial charge on any atom is -0.382 e. The second-order valence-corrected chi connectivity index (χ2v) is 6.55. The second-order valence-electron chi connectivity index (χ2n) is 6.55. The first-order valence-corrected chi connectivity index (χ1v) is 9.02. The third kappa shape index (κ3) is 3.17. The summed E-state index contributed by atoms with van der Waals surface area (Å²) in [5, 5.41) is 13.1. The molecule has 0 saturated heterocycles. The Kier molecular flexibility index (Phi) is 4.67. The van der Waals surface area contributed by atoms with Crippen LogP contribution in [0.3, 0.4) is 0 Å². The fourth-order valence-electron chi connectivity index (χ4n) is 3.49. The minimum atomic E-state index is -0.0643. The van der Waals surface area contributed by atoms with Gasteiger partial charge in [-0.05, 0) is 17.7 Å². The quantitative estimate of drug-likeness (QED) is 0.561. The van der Waals surface area contributed by atoms with E-state index in [9.17, 15) is 10.1 Å². The largest absolute Gasteiger partial charge is 0.382 e. The van der Waals surface area contributed by atoms with Crippen LogP contribution in [-0.2, 0) is 13.6 Å². The van der Waals surface area contributed by atoms with Crippen LogP contribution in [0.25, 0.3) is 22.2 Å². The van der Waals surface area contributed by atoms with E-state index in [0.717, 1.165) is 16.8 Å². The van der Waals surface area contributed by atoms with E-state index in [0.29, 0.717) is 16.8 Å². The van der Waals surface area contributed by atoms with Gasteiger partial charge in [-0.15, -0.1) is 0 Å². The monoisotopic (exact) mass is 382 g/mol. The number of benzene rings is 2. The van der Waals surface area contributed by atoms with Crippen LogP contribution in [-0.4, -0.2) is 14.5 Å². The van der Waals surface area contributed by atoms with Gasteiger partial charge in [-0.1, -0.05) is 42.5 Å². The summed E-state index contributed by atoms with van der Waals surface area (Å²) in [6.07, 6.45) is 1.29. The first kappa shape index (κ1) is 18.2. The van der Waals surface area contributed by atoms with Gasteiger partial charge in [0.1, 0.15) is 29.6 Å². The zero-order valence-electron chi connectivity index (χ0n) is 15.8. The Labute approximate surface area is 167 Å². The molecule has 0 aliphatic carbocycles. The first-order chi connectivity index (χ1) is 14.1. The molecule has 4 rings (SSSR count). The third-order valence-electron chi connectivity index (χ3n) is 4.87. The molecule has 142 valence electrons. The molecule has 3 N–H and O–H groups in total. The van der Waals surface area contributed by atoms with Crippen LogP contribution in [0.4, 0.5) is 11.6 Å². The van der Waals surface area contributed by atoms with Crippen molar-refractivity contribution in [3.63, 3.8) is 0 Å². The molecular formula is C22H18N6O. The molecule has 29 heavy (non-hydrogen) atoms. The molecular weight excluding hydrogens is 364 g/mol. The summed E-state index contributed by atoms with van der Waals surface area (Å²) >= 11 is 0. The summed E-state index contributed by atoms with van der Waals surface area (Å²) in [7, 11) is 1.94. The predicted molar refractivity (Wildman–Crippen MR) is 113 cm³/mol. The molecule has 2 aromatic heterocycles. The zero-order valence-corrected chi connectivity index (χ0v) is 15.8. The molecule has 0 aliphatic rings. The maximum atomic E-state index is 13.3. The Morgan fingerprint density at radius 3 is 2.59 bits per heavy atom. The molecule has 0 radical (unpaired) electrons. The number of aromatic nitrogens is 3. The number of nitrogens with zero attached hydrogens (tertiary/aromatic N) is 4. The molecule has 7 heteroatoms. The number of pyridine rings is 1. The van der Waals surface area contributed by atoms with E-state index in [1.54, 1.807) is 0 Å². The molecule has 4 aromatic rings. The van der Waals surface area contributed by atoms with Gasteiger partial charge < -0.3 is 15.6 Å². The number of hydrogen-bond donors (Lipinski definition) is 2. The molecule has 0 aliphatic heterocycles. The molecule has 0 amide bonds. The molecule has 0 spiro atoms. The van der Waals surface area contributed by atoms with Gasteiger partial charge in [-0.2, -0.15) is 5.26 Å². The molecule has 2 aromatic carbocycles. The molecule has 7 nitrogen and oxygen atoms in total. The van der Waals surface area contributed by atoms with Gasteiger partial charge in [-0.25, -0.2) is 9.97 Å². The van der Waals surface area contributed by atoms with Crippen LogP contribution < -0.4 is 16.5 Å². The van der Waals surface area contributed by atoms with Crippen molar-refractivity contribution in [2.75, 3.05) is 11.1 Å². The van der Waals surface area contributed by atoms with Gasteiger partial charge in [0.2, 0.25) is 0 Å². The number of nitrogen functional groups attached to an aromatic ring is 1. The van der Waals surface area contributed by atoms with E-state index >= 15 is 0 Å². The summed E-state index contributed by atoms with van der Waals surface area (Å²) in [6, 6.07) is 19.3. The number of fused-ring (bicyclic) bond motifs is 1. The Hall–Kier alpha value is -4.18. The van der Waals surface area contributed by atoms with Gasteiger partial charge in [0.15, 0.2) is 5.43 Å². The first-order valence-electron chi connectivity index (χ1n) is 9.02. The van der Waals surface area contributed by atoms with E-state index in [4.69, 9.17) is 5.73 Å². The molecule has 0 atom stereocenters. The van der Waals surface area contributed by atoms with E-state index in [1.807, 2.05) is 72.3 Å². The Morgan fingerprint density at radius 1 is 1.10 bits per heavy atom. The molecule has 0 saturated carbocycles. The number of nitrogens with one attached hydrogen (secondary N) is 1. The summed E-state index contributed by atoms with van der Waals surface area (Å²) < 4.78 is 2.02. The van der Waals surface area contributed by atoms with Crippen molar-refractivity contribution in [2.45, 2.75) is 6.54 Å². The van der Waals surface area contributed by atoms with Crippen molar-refractivity contribution >= 4 is 22.5 Å². The van der Waals surface area contributed by atoms with E-state index in [2.05, 4.69) is 15.3 Å². The van der Waals surface area contributed by atoms with Crippen molar-refractivity contribution in [3.8, 4) is 17.3 Å². The Bertz CT molecular complexity index is 1300. The van der Waals surface area contributed by atoms with Crippen molar-refractivity contribution in [1.29, 1.82) is 5.26 Å². The topological polar surface area (TPSA) is 110 Å². The maximum absolute atomic E-state index is 13.3. The fourth-order valence-corrected chi connectivity index (χ4v) is 3.49. The second kappa shape index (κ2) is 7.44. The SMILES string of the molecule is Cn1c(-c2ccccc2)c(CNc2ncnc(N)c2C#N)c(=O)c2ccccc21. The summed E-state index contributed by atoms with van der Waals surface area (Å²) in [5.74, 6) is 0.397. The number of hydrogen-bond acceptors (Lipinski definition) is 6. The number of para-hydroxylation sites is 1. The van der Waals surface area contributed by atoms with Crippen LogP contribution in [0.1, 0.15) is 11.1 Å². The third-order valence-corrected chi connectivity index (χ3v) is 4.87. The van der Waals surface area contributed by atoms with Gasteiger partial charge in [0, 0.05) is 24.5 Å². The lowest BCUT2D eigenvalue weighted by Crippen LogP contribution is -2.20. The highest BCUT2D eigenvalue weighted by Gasteiger charge is 2.17.